The third-order valence-corrected chi connectivity index (χ3v) is 6.58. The van der Waals surface area contributed by atoms with Crippen LogP contribution in [-0.4, -0.2) is 57.0 Å². The Bertz CT molecular complexity index is 1740. The van der Waals surface area contributed by atoms with Crippen molar-refractivity contribution in [3.05, 3.63) is 71.8 Å². The van der Waals surface area contributed by atoms with Gasteiger partial charge in [0.05, 0.1) is 30.2 Å². The summed E-state index contributed by atoms with van der Waals surface area (Å²) in [5.74, 6) is -2.07. The second-order valence-corrected chi connectivity index (χ2v) is 11.3. The van der Waals surface area contributed by atoms with E-state index >= 15 is 0 Å². The molecule has 1 saturated carbocycles. The number of carbonyl (C=O) groups excluding carboxylic acids is 3. The highest BCUT2D eigenvalue weighted by Crippen LogP contribution is 2.33. The Hall–Kier alpha value is -5.21. The number of esters is 1. The van der Waals surface area contributed by atoms with Crippen LogP contribution in [-0.2, 0) is 9.47 Å². The van der Waals surface area contributed by atoms with Gasteiger partial charge in [-0.3, -0.25) is 9.69 Å². The molecule has 0 bridgehead atoms. The number of amides is 2. The van der Waals surface area contributed by atoms with Crippen molar-refractivity contribution in [1.82, 2.24) is 19.7 Å². The van der Waals surface area contributed by atoms with E-state index in [9.17, 15) is 27.6 Å². The van der Waals surface area contributed by atoms with E-state index in [0.717, 1.165) is 49.2 Å². The number of carbonyl (C=O) groups is 3. The number of ether oxygens (including phenoxy) is 2. The molecule has 1 aliphatic rings. The first kappa shape index (κ1) is 31.2. The maximum absolute atomic E-state index is 14.4. The molecule has 1 N–H and O–H groups in total. The zero-order valence-electron chi connectivity index (χ0n) is 24.7. The van der Waals surface area contributed by atoms with Crippen LogP contribution in [0.2, 0.25) is 0 Å². The highest BCUT2D eigenvalue weighted by molar-refractivity contribution is 6.03. The van der Waals surface area contributed by atoms with E-state index < -0.39 is 41.5 Å². The van der Waals surface area contributed by atoms with Crippen molar-refractivity contribution in [1.29, 1.82) is 0 Å². The Morgan fingerprint density at radius 2 is 1.93 bits per heavy atom. The molecule has 1 aromatic carbocycles. The standard InChI is InChI=1S/C30H29F3N6O6/c1-30(2,3)45-29(42)38(13-16-5-6-16)23-11-17(9-10-34-23)27-36-22(15-44-27)26(40)35-21-14-39(37-24(21)25(32)33)18-7-8-19(20(31)12-18)28(41)43-4/h7-12,14-16,25H,5-6,13H2,1-4H3,(H,35,40). The molecule has 5 rings (SSSR count). The van der Waals surface area contributed by atoms with E-state index in [4.69, 9.17) is 9.15 Å². The molecule has 15 heteroatoms. The van der Waals surface area contributed by atoms with Crippen LogP contribution in [0.4, 0.5) is 29.5 Å². The molecule has 0 atom stereocenters. The molecule has 12 nitrogen and oxygen atoms in total. The van der Waals surface area contributed by atoms with E-state index in [2.05, 4.69) is 25.1 Å². The van der Waals surface area contributed by atoms with Crippen LogP contribution in [0.15, 0.2) is 53.4 Å². The molecule has 1 aliphatic carbocycles. The molecule has 2 amide bonds. The van der Waals surface area contributed by atoms with Crippen LogP contribution in [0.3, 0.4) is 0 Å². The van der Waals surface area contributed by atoms with E-state index in [0.29, 0.717) is 23.8 Å². The van der Waals surface area contributed by atoms with Gasteiger partial charge in [-0.25, -0.2) is 37.4 Å². The Morgan fingerprint density at radius 3 is 2.58 bits per heavy atom. The van der Waals surface area contributed by atoms with E-state index in [1.165, 1.54) is 17.2 Å². The second kappa shape index (κ2) is 12.4. The number of pyridine rings is 1. The molecule has 0 radical (unpaired) electrons. The van der Waals surface area contributed by atoms with Crippen molar-refractivity contribution in [2.45, 2.75) is 45.6 Å². The largest absolute Gasteiger partial charge is 0.465 e. The molecule has 0 aliphatic heterocycles. The van der Waals surface area contributed by atoms with Gasteiger partial charge < -0.3 is 19.2 Å². The Balaban J connectivity index is 1.36. The summed E-state index contributed by atoms with van der Waals surface area (Å²) in [5, 5.41) is 6.12. The molecule has 0 saturated heterocycles. The summed E-state index contributed by atoms with van der Waals surface area (Å²) in [5.41, 5.74) is -2.00. The number of methoxy groups -OCH3 is 1. The maximum atomic E-state index is 14.4. The van der Waals surface area contributed by atoms with E-state index in [-0.39, 0.29) is 28.5 Å². The van der Waals surface area contributed by atoms with Gasteiger partial charge in [0.1, 0.15) is 23.5 Å². The summed E-state index contributed by atoms with van der Waals surface area (Å²) >= 11 is 0. The summed E-state index contributed by atoms with van der Waals surface area (Å²) < 4.78 is 58.6. The average molecular weight is 627 g/mol. The molecule has 3 heterocycles. The summed E-state index contributed by atoms with van der Waals surface area (Å²) in [6, 6.07) is 6.47. The fourth-order valence-electron chi connectivity index (χ4n) is 4.23. The van der Waals surface area contributed by atoms with E-state index in [1.807, 2.05) is 0 Å². The van der Waals surface area contributed by atoms with Crippen molar-refractivity contribution >= 4 is 29.5 Å². The number of alkyl halides is 2. The SMILES string of the molecule is COC(=O)c1ccc(-n2cc(NC(=O)c3coc(-c4ccnc(N(CC5CC5)C(=O)OC(C)(C)C)c4)n3)c(C(F)F)n2)cc1F. The summed E-state index contributed by atoms with van der Waals surface area (Å²) in [4.78, 5) is 47.6. The number of anilines is 2. The fraction of sp³-hybridized carbons (Fsp3) is 0.333. The third kappa shape index (κ3) is 7.30. The smallest absolute Gasteiger partial charge is 0.416 e. The van der Waals surface area contributed by atoms with Gasteiger partial charge in [-0.2, -0.15) is 5.10 Å². The Labute approximate surface area is 255 Å². The first-order chi connectivity index (χ1) is 21.3. The van der Waals surface area contributed by atoms with Crippen molar-refractivity contribution < 1.29 is 41.4 Å². The van der Waals surface area contributed by atoms with Gasteiger partial charge in [0, 0.05) is 24.4 Å². The zero-order chi connectivity index (χ0) is 32.5. The predicted molar refractivity (Wildman–Crippen MR) is 154 cm³/mol. The highest BCUT2D eigenvalue weighted by atomic mass is 19.3. The number of hydrogen-bond donors (Lipinski definition) is 1. The fourth-order valence-corrected chi connectivity index (χ4v) is 4.23. The van der Waals surface area contributed by atoms with Crippen LogP contribution < -0.4 is 10.2 Å². The van der Waals surface area contributed by atoms with Crippen LogP contribution >= 0.6 is 0 Å². The lowest BCUT2D eigenvalue weighted by Gasteiger charge is -2.27. The zero-order valence-corrected chi connectivity index (χ0v) is 24.7. The molecule has 3 aromatic heterocycles. The van der Waals surface area contributed by atoms with Crippen LogP contribution in [0.1, 0.15) is 66.6 Å². The van der Waals surface area contributed by atoms with Gasteiger partial charge in [-0.05, 0) is 63.8 Å². The molecule has 0 unspecified atom stereocenters. The number of nitrogens with zero attached hydrogens (tertiary/aromatic N) is 5. The molecule has 4 aromatic rings. The summed E-state index contributed by atoms with van der Waals surface area (Å²) in [6.07, 6.45) is 1.92. The van der Waals surface area contributed by atoms with Gasteiger partial charge in [-0.1, -0.05) is 0 Å². The quantitative estimate of drug-likeness (QED) is 0.215. The lowest BCUT2D eigenvalue weighted by molar-refractivity contribution is 0.0573. The molecule has 0 spiro atoms. The lowest BCUT2D eigenvalue weighted by atomic mass is 10.2. The highest BCUT2D eigenvalue weighted by Gasteiger charge is 2.31. The number of halogens is 3. The molecular formula is C30H29F3N6O6. The number of oxazole rings is 1. The van der Waals surface area contributed by atoms with Crippen molar-refractivity contribution in [3.63, 3.8) is 0 Å². The minimum absolute atomic E-state index is 0.0156. The van der Waals surface area contributed by atoms with Crippen molar-refractivity contribution in [3.8, 4) is 17.1 Å². The number of aromatic nitrogens is 4. The second-order valence-electron chi connectivity index (χ2n) is 11.3. The number of nitrogens with one attached hydrogen (secondary N) is 1. The van der Waals surface area contributed by atoms with Crippen molar-refractivity contribution in [2.75, 3.05) is 23.9 Å². The minimum atomic E-state index is -3.09. The molecule has 236 valence electrons. The normalized spacial score (nSPS) is 13.1. The average Bonchev–Trinajstić information content (AvgIpc) is 3.49. The monoisotopic (exact) mass is 626 g/mol. The number of rotatable bonds is 9. The molecular weight excluding hydrogens is 597 g/mol. The molecule has 1 fully saturated rings. The topological polar surface area (TPSA) is 142 Å². The Kier molecular flexibility index (Phi) is 8.62. The minimum Gasteiger partial charge on any atom is -0.465 e. The number of benzene rings is 1. The first-order valence-corrected chi connectivity index (χ1v) is 13.8. The summed E-state index contributed by atoms with van der Waals surface area (Å²) in [6.45, 7) is 5.72. The van der Waals surface area contributed by atoms with Gasteiger partial charge in [0.25, 0.3) is 12.3 Å². The van der Waals surface area contributed by atoms with Crippen molar-refractivity contribution in [2.24, 2.45) is 5.92 Å². The maximum Gasteiger partial charge on any atom is 0.416 e. The lowest BCUT2D eigenvalue weighted by Crippen LogP contribution is -2.38. The van der Waals surface area contributed by atoms with Gasteiger partial charge in [0.2, 0.25) is 5.89 Å². The van der Waals surface area contributed by atoms with Crippen LogP contribution in [0, 0.1) is 11.7 Å². The summed E-state index contributed by atoms with van der Waals surface area (Å²) in [7, 11) is 1.09. The number of hydrogen-bond acceptors (Lipinski definition) is 9. The van der Waals surface area contributed by atoms with Gasteiger partial charge >= 0.3 is 12.1 Å². The van der Waals surface area contributed by atoms with Gasteiger partial charge in [-0.15, -0.1) is 0 Å². The first-order valence-electron chi connectivity index (χ1n) is 13.8. The van der Waals surface area contributed by atoms with Crippen LogP contribution in [0.5, 0.6) is 0 Å². The predicted octanol–water partition coefficient (Wildman–Crippen LogP) is 6.19. The van der Waals surface area contributed by atoms with E-state index in [1.54, 1.807) is 32.9 Å². The Morgan fingerprint density at radius 1 is 1.18 bits per heavy atom. The third-order valence-electron chi connectivity index (χ3n) is 6.58. The molecule has 45 heavy (non-hydrogen) atoms. The van der Waals surface area contributed by atoms with Gasteiger partial charge in [0.15, 0.2) is 11.4 Å². The van der Waals surface area contributed by atoms with Crippen LogP contribution in [0.25, 0.3) is 17.1 Å².